The molecular formula is C15H20ClNO2. The molecule has 0 aliphatic heterocycles. The maximum atomic E-state index is 11.7. The first kappa shape index (κ1) is 14.4. The number of carbonyl (C=O) groups is 1. The van der Waals surface area contributed by atoms with E-state index in [4.69, 9.17) is 11.6 Å². The second-order valence-electron chi connectivity index (χ2n) is 5.23. The van der Waals surface area contributed by atoms with E-state index in [0.29, 0.717) is 17.4 Å². The van der Waals surface area contributed by atoms with Gasteiger partial charge in [0.05, 0.1) is 6.10 Å². The van der Waals surface area contributed by atoms with Crippen LogP contribution >= 0.6 is 11.6 Å². The van der Waals surface area contributed by atoms with Crippen molar-refractivity contribution in [3.05, 3.63) is 34.9 Å². The van der Waals surface area contributed by atoms with E-state index in [1.165, 1.54) is 12.8 Å². The quantitative estimate of drug-likeness (QED) is 0.871. The first-order chi connectivity index (χ1) is 9.15. The van der Waals surface area contributed by atoms with Crippen molar-refractivity contribution < 1.29 is 9.90 Å². The lowest BCUT2D eigenvalue weighted by Gasteiger charge is -2.14. The van der Waals surface area contributed by atoms with Gasteiger partial charge >= 0.3 is 0 Å². The fourth-order valence-corrected chi connectivity index (χ4v) is 2.69. The van der Waals surface area contributed by atoms with E-state index in [9.17, 15) is 9.90 Å². The van der Waals surface area contributed by atoms with Gasteiger partial charge in [-0.05, 0) is 36.5 Å². The van der Waals surface area contributed by atoms with Gasteiger partial charge < -0.3 is 10.4 Å². The highest BCUT2D eigenvalue weighted by atomic mass is 35.5. The molecule has 4 heteroatoms. The highest BCUT2D eigenvalue weighted by molar-refractivity contribution is 6.30. The number of aliphatic hydroxyl groups excluding tert-OH is 1. The predicted molar refractivity (Wildman–Crippen MR) is 76.0 cm³/mol. The summed E-state index contributed by atoms with van der Waals surface area (Å²) in [7, 11) is 0. The molecule has 1 fully saturated rings. The van der Waals surface area contributed by atoms with E-state index in [2.05, 4.69) is 5.32 Å². The number of amides is 1. The molecule has 0 bridgehead atoms. The Balaban J connectivity index is 1.74. The molecule has 1 unspecified atom stereocenters. The zero-order valence-electron chi connectivity index (χ0n) is 10.9. The third-order valence-corrected chi connectivity index (χ3v) is 3.95. The second kappa shape index (κ2) is 6.92. The van der Waals surface area contributed by atoms with Gasteiger partial charge in [0.15, 0.2) is 0 Å². The average Bonchev–Trinajstić information content (AvgIpc) is 2.89. The number of aliphatic hydroxyl groups is 1. The van der Waals surface area contributed by atoms with Crippen molar-refractivity contribution in [1.29, 1.82) is 0 Å². The van der Waals surface area contributed by atoms with Gasteiger partial charge in [-0.1, -0.05) is 36.6 Å². The topological polar surface area (TPSA) is 49.3 Å². The zero-order valence-corrected chi connectivity index (χ0v) is 11.7. The molecule has 2 N–H and O–H groups in total. The van der Waals surface area contributed by atoms with Crippen molar-refractivity contribution in [1.82, 2.24) is 5.32 Å². The molecule has 1 aliphatic carbocycles. The van der Waals surface area contributed by atoms with Crippen LogP contribution < -0.4 is 5.32 Å². The van der Waals surface area contributed by atoms with Gasteiger partial charge in [0.25, 0.3) is 0 Å². The maximum absolute atomic E-state index is 11.7. The summed E-state index contributed by atoms with van der Waals surface area (Å²) in [6, 6.07) is 7.02. The van der Waals surface area contributed by atoms with Gasteiger partial charge in [0, 0.05) is 18.0 Å². The lowest BCUT2D eigenvalue weighted by Crippen LogP contribution is -2.29. The molecule has 1 aromatic rings. The molecular weight excluding hydrogens is 262 g/mol. The molecule has 0 spiro atoms. The molecule has 0 saturated heterocycles. The van der Waals surface area contributed by atoms with Gasteiger partial charge in [-0.25, -0.2) is 0 Å². The van der Waals surface area contributed by atoms with Gasteiger partial charge in [-0.15, -0.1) is 0 Å². The molecule has 2 rings (SSSR count). The van der Waals surface area contributed by atoms with Crippen LogP contribution in [0.4, 0.5) is 0 Å². The van der Waals surface area contributed by atoms with Crippen LogP contribution in [-0.4, -0.2) is 17.6 Å². The predicted octanol–water partition coefficient (Wildman–Crippen LogP) is 3.07. The summed E-state index contributed by atoms with van der Waals surface area (Å²) >= 11 is 5.79. The normalized spacial score (nSPS) is 17.4. The summed E-state index contributed by atoms with van der Waals surface area (Å²) in [4.78, 5) is 11.7. The van der Waals surface area contributed by atoms with Crippen molar-refractivity contribution in [3.63, 3.8) is 0 Å². The molecule has 1 amide bonds. The Morgan fingerprint density at radius 2 is 1.95 bits per heavy atom. The van der Waals surface area contributed by atoms with Crippen LogP contribution in [0.5, 0.6) is 0 Å². The van der Waals surface area contributed by atoms with E-state index >= 15 is 0 Å². The Labute approximate surface area is 119 Å². The summed E-state index contributed by atoms with van der Waals surface area (Å²) in [5.74, 6) is 0.576. The molecule has 0 heterocycles. The molecule has 3 nitrogen and oxygen atoms in total. The zero-order chi connectivity index (χ0) is 13.7. The van der Waals surface area contributed by atoms with Crippen LogP contribution in [0.3, 0.4) is 0 Å². The smallest absolute Gasteiger partial charge is 0.220 e. The highest BCUT2D eigenvalue weighted by Gasteiger charge is 2.18. The van der Waals surface area contributed by atoms with Crippen molar-refractivity contribution in [2.75, 3.05) is 6.54 Å². The van der Waals surface area contributed by atoms with Gasteiger partial charge in [-0.3, -0.25) is 4.79 Å². The molecule has 0 radical (unpaired) electrons. The maximum Gasteiger partial charge on any atom is 0.220 e. The van der Waals surface area contributed by atoms with Crippen molar-refractivity contribution >= 4 is 17.5 Å². The molecule has 19 heavy (non-hydrogen) atoms. The van der Waals surface area contributed by atoms with E-state index in [0.717, 1.165) is 18.4 Å². The SMILES string of the molecule is O=C(CC1CCCC1)NCC(O)c1ccc(Cl)cc1. The lowest BCUT2D eigenvalue weighted by molar-refractivity contribution is -0.122. The number of hydrogen-bond donors (Lipinski definition) is 2. The van der Waals surface area contributed by atoms with Gasteiger partial charge in [-0.2, -0.15) is 0 Å². The Bertz CT molecular complexity index is 413. The fourth-order valence-electron chi connectivity index (χ4n) is 2.56. The molecule has 1 atom stereocenters. The van der Waals surface area contributed by atoms with E-state index in [-0.39, 0.29) is 12.5 Å². The van der Waals surface area contributed by atoms with Crippen molar-refractivity contribution in [3.8, 4) is 0 Å². The Kier molecular flexibility index (Phi) is 5.23. The highest BCUT2D eigenvalue weighted by Crippen LogP contribution is 2.27. The molecule has 1 aromatic carbocycles. The summed E-state index contributed by atoms with van der Waals surface area (Å²) in [6.45, 7) is 0.257. The molecule has 104 valence electrons. The minimum Gasteiger partial charge on any atom is -0.387 e. The van der Waals surface area contributed by atoms with Crippen molar-refractivity contribution in [2.45, 2.75) is 38.2 Å². The number of nitrogens with one attached hydrogen (secondary N) is 1. The van der Waals surface area contributed by atoms with Gasteiger partial charge in [0.1, 0.15) is 0 Å². The van der Waals surface area contributed by atoms with Crippen LogP contribution in [0, 0.1) is 5.92 Å². The Morgan fingerprint density at radius 3 is 2.58 bits per heavy atom. The number of halogens is 1. The van der Waals surface area contributed by atoms with Gasteiger partial charge in [0.2, 0.25) is 5.91 Å². The van der Waals surface area contributed by atoms with E-state index < -0.39 is 6.10 Å². The summed E-state index contributed by atoms with van der Waals surface area (Å²) in [5, 5.41) is 13.4. The number of carbonyl (C=O) groups excluding carboxylic acids is 1. The van der Waals surface area contributed by atoms with E-state index in [1.807, 2.05) is 0 Å². The Hall–Kier alpha value is -1.06. The number of benzene rings is 1. The minimum atomic E-state index is -0.676. The standard InChI is InChI=1S/C15H20ClNO2/c16-13-7-5-12(6-8-13)14(18)10-17-15(19)9-11-3-1-2-4-11/h5-8,11,14,18H,1-4,9-10H2,(H,17,19). The first-order valence-corrected chi connectivity index (χ1v) is 7.23. The average molecular weight is 282 g/mol. The monoisotopic (exact) mass is 281 g/mol. The van der Waals surface area contributed by atoms with Crippen LogP contribution in [-0.2, 0) is 4.79 Å². The third-order valence-electron chi connectivity index (χ3n) is 3.70. The minimum absolute atomic E-state index is 0.0416. The first-order valence-electron chi connectivity index (χ1n) is 6.85. The van der Waals surface area contributed by atoms with Crippen LogP contribution in [0.1, 0.15) is 43.8 Å². The van der Waals surface area contributed by atoms with E-state index in [1.54, 1.807) is 24.3 Å². The van der Waals surface area contributed by atoms with Crippen LogP contribution in [0.2, 0.25) is 5.02 Å². The number of rotatable bonds is 5. The molecule has 1 aliphatic rings. The summed E-state index contributed by atoms with van der Waals surface area (Å²) < 4.78 is 0. The second-order valence-corrected chi connectivity index (χ2v) is 5.66. The van der Waals surface area contributed by atoms with Crippen LogP contribution in [0.25, 0.3) is 0 Å². The molecule has 0 aromatic heterocycles. The van der Waals surface area contributed by atoms with Crippen LogP contribution in [0.15, 0.2) is 24.3 Å². The Morgan fingerprint density at radius 1 is 1.32 bits per heavy atom. The third kappa shape index (κ3) is 4.51. The lowest BCUT2D eigenvalue weighted by atomic mass is 10.0. The summed E-state index contributed by atoms with van der Waals surface area (Å²) in [5.41, 5.74) is 0.769. The number of hydrogen-bond acceptors (Lipinski definition) is 2. The molecule has 1 saturated carbocycles. The van der Waals surface area contributed by atoms with Crippen molar-refractivity contribution in [2.24, 2.45) is 5.92 Å². The largest absolute Gasteiger partial charge is 0.387 e. The fraction of sp³-hybridized carbons (Fsp3) is 0.533. The summed E-state index contributed by atoms with van der Waals surface area (Å²) in [6.07, 6.45) is 4.72.